The van der Waals surface area contributed by atoms with Crippen molar-refractivity contribution in [2.75, 3.05) is 19.6 Å². The Hall–Kier alpha value is -2.63. The molecular formula is C21H28N2O4. The summed E-state index contributed by atoms with van der Waals surface area (Å²) >= 11 is 0. The van der Waals surface area contributed by atoms with Crippen LogP contribution in [0.3, 0.4) is 0 Å². The van der Waals surface area contributed by atoms with Crippen LogP contribution in [-0.2, 0) is 9.59 Å². The number of piperidine rings is 1. The lowest BCUT2D eigenvalue weighted by molar-refractivity contribution is -0.131. The average Bonchev–Trinajstić information content (AvgIpc) is 2.64. The smallest absolute Gasteiger partial charge is 0.308 e. The second-order valence-corrected chi connectivity index (χ2v) is 7.21. The molecule has 27 heavy (non-hydrogen) atoms. The number of nitrogens with one attached hydrogen (secondary N) is 1. The highest BCUT2D eigenvalue weighted by atomic mass is 16.5. The summed E-state index contributed by atoms with van der Waals surface area (Å²) in [6.45, 7) is 7.32. The van der Waals surface area contributed by atoms with Gasteiger partial charge in [-0.05, 0) is 49.0 Å². The largest absolute Gasteiger partial charge is 0.427 e. The van der Waals surface area contributed by atoms with E-state index in [1.54, 1.807) is 30.3 Å². The number of ether oxygens (including phenoxy) is 1. The number of allylic oxidation sites excluding steroid dienone is 1. The molecule has 1 aromatic rings. The van der Waals surface area contributed by atoms with Crippen LogP contribution < -0.4 is 10.1 Å². The maximum Gasteiger partial charge on any atom is 0.308 e. The van der Waals surface area contributed by atoms with Gasteiger partial charge in [-0.15, -0.1) is 0 Å². The fourth-order valence-corrected chi connectivity index (χ4v) is 2.97. The van der Waals surface area contributed by atoms with E-state index in [-0.39, 0.29) is 11.8 Å². The topological polar surface area (TPSA) is 75.7 Å². The Bertz CT molecular complexity index is 704. The molecule has 6 heteroatoms. The molecule has 0 aromatic heterocycles. The van der Waals surface area contributed by atoms with E-state index in [1.807, 2.05) is 24.8 Å². The summed E-state index contributed by atoms with van der Waals surface area (Å²) in [5.74, 6) is 0.559. The standard InChI is InChI=1S/C21H28N2O4/c1-15(2)7-8-20(25)22-14-17-9-11-23(12-10-17)21(26)18-5-4-6-19(13-18)27-16(3)24/h4-8,13,15,17H,9-12,14H2,1-3H3,(H,22,25)/b8-7+. The van der Waals surface area contributed by atoms with Gasteiger partial charge in [0.2, 0.25) is 5.91 Å². The van der Waals surface area contributed by atoms with E-state index >= 15 is 0 Å². The van der Waals surface area contributed by atoms with E-state index in [2.05, 4.69) is 5.32 Å². The van der Waals surface area contributed by atoms with Gasteiger partial charge in [0, 0.05) is 32.1 Å². The van der Waals surface area contributed by atoms with E-state index in [9.17, 15) is 14.4 Å². The SMILES string of the molecule is CC(=O)Oc1cccc(C(=O)N2CCC(CNC(=O)/C=C/C(C)C)CC2)c1. The summed E-state index contributed by atoms with van der Waals surface area (Å²) in [6, 6.07) is 6.68. The van der Waals surface area contributed by atoms with Crippen molar-refractivity contribution in [2.24, 2.45) is 11.8 Å². The molecule has 0 atom stereocenters. The van der Waals surface area contributed by atoms with Crippen molar-refractivity contribution in [3.05, 3.63) is 42.0 Å². The number of hydrogen-bond donors (Lipinski definition) is 1. The highest BCUT2D eigenvalue weighted by molar-refractivity contribution is 5.94. The lowest BCUT2D eigenvalue weighted by Crippen LogP contribution is -2.41. The number of carbonyl (C=O) groups is 3. The summed E-state index contributed by atoms with van der Waals surface area (Å²) in [7, 11) is 0. The maximum atomic E-state index is 12.7. The number of benzene rings is 1. The zero-order valence-corrected chi connectivity index (χ0v) is 16.2. The second kappa shape index (κ2) is 9.90. The van der Waals surface area contributed by atoms with Gasteiger partial charge in [0.1, 0.15) is 5.75 Å². The summed E-state index contributed by atoms with van der Waals surface area (Å²) < 4.78 is 5.04. The highest BCUT2D eigenvalue weighted by Gasteiger charge is 2.24. The lowest BCUT2D eigenvalue weighted by Gasteiger charge is -2.32. The first-order chi connectivity index (χ1) is 12.8. The Kier molecular flexibility index (Phi) is 7.58. The monoisotopic (exact) mass is 372 g/mol. The van der Waals surface area contributed by atoms with Gasteiger partial charge in [-0.3, -0.25) is 14.4 Å². The predicted molar refractivity (Wildman–Crippen MR) is 103 cm³/mol. The summed E-state index contributed by atoms with van der Waals surface area (Å²) in [5.41, 5.74) is 0.513. The van der Waals surface area contributed by atoms with Crippen molar-refractivity contribution in [3.63, 3.8) is 0 Å². The van der Waals surface area contributed by atoms with Crippen LogP contribution in [0, 0.1) is 11.8 Å². The van der Waals surface area contributed by atoms with Crippen LogP contribution in [0.25, 0.3) is 0 Å². The molecule has 0 bridgehead atoms. The van der Waals surface area contributed by atoms with Crippen LogP contribution in [0.4, 0.5) is 0 Å². The van der Waals surface area contributed by atoms with Crippen molar-refractivity contribution in [1.29, 1.82) is 0 Å². The molecule has 1 saturated heterocycles. The van der Waals surface area contributed by atoms with Gasteiger partial charge < -0.3 is 15.0 Å². The molecule has 0 unspecified atom stereocenters. The minimum absolute atomic E-state index is 0.0636. The highest BCUT2D eigenvalue weighted by Crippen LogP contribution is 2.20. The van der Waals surface area contributed by atoms with E-state index in [0.29, 0.717) is 42.8 Å². The van der Waals surface area contributed by atoms with E-state index in [1.165, 1.54) is 6.92 Å². The van der Waals surface area contributed by atoms with Gasteiger partial charge in [0.15, 0.2) is 0 Å². The first-order valence-corrected chi connectivity index (χ1v) is 9.39. The second-order valence-electron chi connectivity index (χ2n) is 7.21. The van der Waals surface area contributed by atoms with Crippen LogP contribution >= 0.6 is 0 Å². The number of nitrogens with zero attached hydrogens (tertiary/aromatic N) is 1. The van der Waals surface area contributed by atoms with Crippen molar-refractivity contribution < 1.29 is 19.1 Å². The minimum Gasteiger partial charge on any atom is -0.427 e. The molecule has 1 fully saturated rings. The molecule has 1 N–H and O–H groups in total. The first-order valence-electron chi connectivity index (χ1n) is 9.39. The van der Waals surface area contributed by atoms with Crippen LogP contribution in [0.5, 0.6) is 5.75 Å². The zero-order valence-electron chi connectivity index (χ0n) is 16.2. The summed E-state index contributed by atoms with van der Waals surface area (Å²) in [6.07, 6.45) is 5.16. The molecule has 1 aliphatic rings. The molecule has 0 aliphatic carbocycles. The molecule has 2 amide bonds. The molecule has 1 aromatic carbocycles. The Labute approximate surface area is 160 Å². The fraction of sp³-hybridized carbons (Fsp3) is 0.476. The minimum atomic E-state index is -0.411. The van der Waals surface area contributed by atoms with Gasteiger partial charge in [-0.25, -0.2) is 0 Å². The third-order valence-corrected chi connectivity index (χ3v) is 4.44. The molecule has 146 valence electrons. The number of rotatable bonds is 6. The predicted octanol–water partition coefficient (Wildman–Crippen LogP) is 2.79. The third-order valence-electron chi connectivity index (χ3n) is 4.44. The van der Waals surface area contributed by atoms with Gasteiger partial charge in [-0.1, -0.05) is 26.0 Å². The van der Waals surface area contributed by atoms with Crippen molar-refractivity contribution in [1.82, 2.24) is 10.2 Å². The van der Waals surface area contributed by atoms with Gasteiger partial charge in [-0.2, -0.15) is 0 Å². The normalized spacial score (nSPS) is 15.2. The number of amides is 2. The molecule has 2 rings (SSSR count). The molecule has 1 heterocycles. The van der Waals surface area contributed by atoms with Gasteiger partial charge in [0.05, 0.1) is 0 Å². The molecular weight excluding hydrogens is 344 g/mol. The average molecular weight is 372 g/mol. The number of carbonyl (C=O) groups excluding carboxylic acids is 3. The molecule has 1 aliphatic heterocycles. The molecule has 6 nitrogen and oxygen atoms in total. The van der Waals surface area contributed by atoms with Crippen molar-refractivity contribution in [2.45, 2.75) is 33.6 Å². The third kappa shape index (κ3) is 6.89. The Morgan fingerprint density at radius 3 is 2.59 bits per heavy atom. The van der Waals surface area contributed by atoms with Gasteiger partial charge in [0.25, 0.3) is 5.91 Å². The van der Waals surface area contributed by atoms with Crippen LogP contribution in [0.2, 0.25) is 0 Å². The van der Waals surface area contributed by atoms with Crippen molar-refractivity contribution in [3.8, 4) is 5.75 Å². The van der Waals surface area contributed by atoms with Gasteiger partial charge >= 0.3 is 5.97 Å². The Balaban J connectivity index is 1.82. The quantitative estimate of drug-likeness (QED) is 0.473. The number of likely N-dealkylation sites (tertiary alicyclic amines) is 1. The molecule has 0 saturated carbocycles. The van der Waals surface area contributed by atoms with E-state index in [4.69, 9.17) is 4.74 Å². The van der Waals surface area contributed by atoms with E-state index in [0.717, 1.165) is 12.8 Å². The number of hydrogen-bond acceptors (Lipinski definition) is 4. The molecule has 0 spiro atoms. The summed E-state index contributed by atoms with van der Waals surface area (Å²) in [5, 5.41) is 2.93. The Morgan fingerprint density at radius 2 is 1.96 bits per heavy atom. The van der Waals surface area contributed by atoms with Crippen LogP contribution in [0.1, 0.15) is 44.0 Å². The molecule has 0 radical (unpaired) electrons. The zero-order chi connectivity index (χ0) is 19.8. The number of esters is 1. The van der Waals surface area contributed by atoms with E-state index < -0.39 is 5.97 Å². The maximum absolute atomic E-state index is 12.7. The van der Waals surface area contributed by atoms with Crippen molar-refractivity contribution >= 4 is 17.8 Å². The van der Waals surface area contributed by atoms with Crippen LogP contribution in [0.15, 0.2) is 36.4 Å². The summed E-state index contributed by atoms with van der Waals surface area (Å²) in [4.78, 5) is 37.3. The van der Waals surface area contributed by atoms with Crippen LogP contribution in [-0.4, -0.2) is 42.3 Å². The first kappa shape index (κ1) is 20.7. The Morgan fingerprint density at radius 1 is 1.26 bits per heavy atom. The lowest BCUT2D eigenvalue weighted by atomic mass is 9.96. The fourth-order valence-electron chi connectivity index (χ4n) is 2.97.